The molecule has 1 atom stereocenters. The fraction of sp³-hybridized carbons (Fsp3) is 0.533. The lowest BCUT2D eigenvalue weighted by molar-refractivity contribution is -0.122. The van der Waals surface area contributed by atoms with Gasteiger partial charge in [0, 0.05) is 11.5 Å². The van der Waals surface area contributed by atoms with Crippen LogP contribution in [-0.4, -0.2) is 25.2 Å². The molecule has 1 amide bonds. The number of nitrogens with one attached hydrogen (secondary N) is 1. The average molecular weight is 281 g/mol. The highest BCUT2D eigenvalue weighted by molar-refractivity contribution is 7.80. The normalized spacial score (nSPS) is 12.5. The van der Waals surface area contributed by atoms with Crippen molar-refractivity contribution in [1.82, 2.24) is 5.32 Å². The Kier molecular flexibility index (Phi) is 6.95. The minimum atomic E-state index is 0.0327. The largest absolute Gasteiger partial charge is 0.380 e. The van der Waals surface area contributed by atoms with Gasteiger partial charge in [0.15, 0.2) is 0 Å². The van der Waals surface area contributed by atoms with E-state index in [9.17, 15) is 4.79 Å². The molecule has 0 bridgehead atoms. The Morgan fingerprint density at radius 1 is 1.32 bits per heavy atom. The summed E-state index contributed by atoms with van der Waals surface area (Å²) in [5, 5.41) is 3.03. The van der Waals surface area contributed by atoms with Gasteiger partial charge in [0.25, 0.3) is 0 Å². The molecule has 1 aromatic rings. The van der Waals surface area contributed by atoms with E-state index in [0.717, 1.165) is 10.5 Å². The van der Waals surface area contributed by atoms with Gasteiger partial charge in [-0.3, -0.25) is 4.79 Å². The summed E-state index contributed by atoms with van der Waals surface area (Å²) in [6.07, 6.45) is 0.392. The first-order valence-electron chi connectivity index (χ1n) is 6.68. The quantitative estimate of drug-likeness (QED) is 0.754. The van der Waals surface area contributed by atoms with E-state index in [2.05, 4.69) is 31.8 Å². The van der Waals surface area contributed by atoms with E-state index in [1.54, 1.807) is 0 Å². The number of amides is 1. The smallest absolute Gasteiger partial charge is 0.224 e. The molecule has 0 radical (unpaired) electrons. The van der Waals surface area contributed by atoms with Crippen molar-refractivity contribution < 1.29 is 9.53 Å². The molecule has 1 aromatic carbocycles. The molecule has 0 fully saturated rings. The second-order valence-corrected chi connectivity index (χ2v) is 5.44. The maximum atomic E-state index is 12.0. The minimum Gasteiger partial charge on any atom is -0.380 e. The fourth-order valence-corrected chi connectivity index (χ4v) is 1.85. The molecule has 0 saturated carbocycles. The van der Waals surface area contributed by atoms with Crippen LogP contribution in [0.2, 0.25) is 0 Å². The number of hydrogen-bond acceptors (Lipinski definition) is 3. The minimum absolute atomic E-state index is 0.0327. The maximum Gasteiger partial charge on any atom is 0.224 e. The molecule has 1 unspecified atom stereocenters. The number of thiol groups is 1. The third-order valence-corrected chi connectivity index (χ3v) is 3.25. The summed E-state index contributed by atoms with van der Waals surface area (Å²) in [4.78, 5) is 12.9. The third-order valence-electron chi connectivity index (χ3n) is 2.95. The zero-order chi connectivity index (χ0) is 14.3. The first-order chi connectivity index (χ1) is 9.02. The van der Waals surface area contributed by atoms with Gasteiger partial charge < -0.3 is 10.1 Å². The predicted molar refractivity (Wildman–Crippen MR) is 80.7 cm³/mol. The Hall–Kier alpha value is -1.00. The summed E-state index contributed by atoms with van der Waals surface area (Å²) in [5.41, 5.74) is 0.995. The van der Waals surface area contributed by atoms with Crippen LogP contribution in [0.4, 0.5) is 0 Å². The highest BCUT2D eigenvalue weighted by Gasteiger charge is 2.16. The Morgan fingerprint density at radius 3 is 2.47 bits per heavy atom. The SMILES string of the molecule is CCOCC(NC(=O)Cc1ccc(S)cc1)C(C)C. The topological polar surface area (TPSA) is 38.3 Å². The van der Waals surface area contributed by atoms with Gasteiger partial charge in [0.05, 0.1) is 19.1 Å². The van der Waals surface area contributed by atoms with Crippen LogP contribution in [0.5, 0.6) is 0 Å². The lowest BCUT2D eigenvalue weighted by atomic mass is 10.0. The van der Waals surface area contributed by atoms with Crippen LogP contribution >= 0.6 is 12.6 Å². The van der Waals surface area contributed by atoms with Crippen molar-refractivity contribution in [3.63, 3.8) is 0 Å². The molecule has 0 heterocycles. The van der Waals surface area contributed by atoms with Gasteiger partial charge in [-0.05, 0) is 30.5 Å². The zero-order valence-electron chi connectivity index (χ0n) is 11.8. The molecule has 19 heavy (non-hydrogen) atoms. The zero-order valence-corrected chi connectivity index (χ0v) is 12.7. The van der Waals surface area contributed by atoms with Crippen molar-refractivity contribution in [2.75, 3.05) is 13.2 Å². The van der Waals surface area contributed by atoms with Crippen LogP contribution in [0.3, 0.4) is 0 Å². The van der Waals surface area contributed by atoms with E-state index in [1.165, 1.54) is 0 Å². The summed E-state index contributed by atoms with van der Waals surface area (Å²) < 4.78 is 5.40. The lowest BCUT2D eigenvalue weighted by Crippen LogP contribution is -2.42. The molecular formula is C15H23NO2S. The van der Waals surface area contributed by atoms with E-state index in [1.807, 2.05) is 31.2 Å². The molecular weight excluding hydrogens is 258 g/mol. The van der Waals surface area contributed by atoms with Crippen LogP contribution in [0.25, 0.3) is 0 Å². The Morgan fingerprint density at radius 2 is 1.95 bits per heavy atom. The van der Waals surface area contributed by atoms with Gasteiger partial charge in [0.1, 0.15) is 0 Å². The molecule has 0 aliphatic heterocycles. The standard InChI is InChI=1S/C15H23NO2S/c1-4-18-10-14(11(2)3)16-15(17)9-12-5-7-13(19)8-6-12/h5-8,11,14,19H,4,9-10H2,1-3H3,(H,16,17). The summed E-state index contributed by atoms with van der Waals surface area (Å²) in [5.74, 6) is 0.389. The van der Waals surface area contributed by atoms with Crippen LogP contribution in [-0.2, 0) is 16.0 Å². The van der Waals surface area contributed by atoms with E-state index in [4.69, 9.17) is 4.74 Å². The van der Waals surface area contributed by atoms with Crippen LogP contribution < -0.4 is 5.32 Å². The summed E-state index contributed by atoms with van der Waals surface area (Å²) in [6, 6.07) is 7.71. The maximum absolute atomic E-state index is 12.0. The molecule has 1 N–H and O–H groups in total. The lowest BCUT2D eigenvalue weighted by Gasteiger charge is -2.22. The number of rotatable bonds is 7. The molecule has 0 aromatic heterocycles. The van der Waals surface area contributed by atoms with Crippen molar-refractivity contribution in [2.45, 2.75) is 38.1 Å². The number of carbonyl (C=O) groups excluding carboxylic acids is 1. The molecule has 4 heteroatoms. The summed E-state index contributed by atoms with van der Waals surface area (Å²) in [7, 11) is 0. The van der Waals surface area contributed by atoms with Gasteiger partial charge in [-0.2, -0.15) is 0 Å². The van der Waals surface area contributed by atoms with Gasteiger partial charge in [-0.1, -0.05) is 26.0 Å². The second-order valence-electron chi connectivity index (χ2n) is 4.92. The Bertz CT molecular complexity index is 390. The molecule has 0 saturated heterocycles. The Balaban J connectivity index is 2.50. The second kappa shape index (κ2) is 8.23. The van der Waals surface area contributed by atoms with Crippen molar-refractivity contribution in [1.29, 1.82) is 0 Å². The Labute approximate surface area is 121 Å². The number of carbonyl (C=O) groups is 1. The van der Waals surface area contributed by atoms with Gasteiger partial charge in [-0.25, -0.2) is 0 Å². The molecule has 3 nitrogen and oxygen atoms in total. The monoisotopic (exact) mass is 281 g/mol. The molecule has 106 valence electrons. The number of ether oxygens (including phenoxy) is 1. The van der Waals surface area contributed by atoms with E-state index >= 15 is 0 Å². The highest BCUT2D eigenvalue weighted by Crippen LogP contribution is 2.09. The summed E-state index contributed by atoms with van der Waals surface area (Å²) >= 11 is 4.23. The highest BCUT2D eigenvalue weighted by atomic mass is 32.1. The fourth-order valence-electron chi connectivity index (χ4n) is 1.70. The van der Waals surface area contributed by atoms with Gasteiger partial charge in [-0.15, -0.1) is 12.6 Å². The van der Waals surface area contributed by atoms with Crippen molar-refractivity contribution in [3.05, 3.63) is 29.8 Å². The number of hydrogen-bond donors (Lipinski definition) is 2. The van der Waals surface area contributed by atoms with E-state index in [-0.39, 0.29) is 11.9 Å². The van der Waals surface area contributed by atoms with Crippen LogP contribution in [0, 0.1) is 5.92 Å². The van der Waals surface area contributed by atoms with E-state index < -0.39 is 0 Å². The van der Waals surface area contributed by atoms with Crippen molar-refractivity contribution >= 4 is 18.5 Å². The molecule has 0 spiro atoms. The first-order valence-corrected chi connectivity index (χ1v) is 7.12. The molecule has 1 rings (SSSR count). The predicted octanol–water partition coefficient (Wildman–Crippen LogP) is 2.70. The van der Waals surface area contributed by atoms with Crippen molar-refractivity contribution in [2.24, 2.45) is 5.92 Å². The van der Waals surface area contributed by atoms with E-state index in [0.29, 0.717) is 25.6 Å². The molecule has 0 aliphatic carbocycles. The van der Waals surface area contributed by atoms with Crippen LogP contribution in [0.1, 0.15) is 26.3 Å². The van der Waals surface area contributed by atoms with Gasteiger partial charge >= 0.3 is 0 Å². The van der Waals surface area contributed by atoms with Gasteiger partial charge in [0.2, 0.25) is 5.91 Å². The van der Waals surface area contributed by atoms with Crippen molar-refractivity contribution in [3.8, 4) is 0 Å². The number of benzene rings is 1. The van der Waals surface area contributed by atoms with Crippen LogP contribution in [0.15, 0.2) is 29.2 Å². The third kappa shape index (κ3) is 6.12. The molecule has 0 aliphatic rings. The summed E-state index contributed by atoms with van der Waals surface area (Å²) in [6.45, 7) is 7.36. The average Bonchev–Trinajstić information content (AvgIpc) is 2.37. The first kappa shape index (κ1) is 16.1.